The molecule has 0 aliphatic heterocycles. The Morgan fingerprint density at radius 3 is 2.23 bits per heavy atom. The highest BCUT2D eigenvalue weighted by molar-refractivity contribution is 7.16. The van der Waals surface area contributed by atoms with Crippen LogP contribution in [-0.2, 0) is 20.7 Å². The van der Waals surface area contributed by atoms with E-state index >= 15 is 0 Å². The number of carbonyl (C=O) groups is 3. The van der Waals surface area contributed by atoms with E-state index in [1.807, 2.05) is 74.5 Å². The van der Waals surface area contributed by atoms with Gasteiger partial charge in [-0.25, -0.2) is 4.79 Å². The number of thiophene rings is 1. The molecule has 0 radical (unpaired) electrons. The molecule has 1 heterocycles. The van der Waals surface area contributed by atoms with E-state index in [1.54, 1.807) is 31.2 Å². The van der Waals surface area contributed by atoms with Gasteiger partial charge in [0.05, 0.1) is 24.8 Å². The molecule has 0 atom stereocenters. The van der Waals surface area contributed by atoms with Crippen LogP contribution in [0.1, 0.15) is 60.0 Å². The van der Waals surface area contributed by atoms with Crippen LogP contribution in [0.15, 0.2) is 84.9 Å². The van der Waals surface area contributed by atoms with Crippen LogP contribution in [0.3, 0.4) is 0 Å². The molecule has 0 aliphatic rings. The van der Waals surface area contributed by atoms with Crippen LogP contribution >= 0.6 is 11.3 Å². The molecule has 0 aliphatic carbocycles. The average molecular weight is 612 g/mol. The van der Waals surface area contributed by atoms with Crippen molar-refractivity contribution in [2.24, 2.45) is 0 Å². The zero-order valence-corrected chi connectivity index (χ0v) is 26.1. The fraction of sp³-hybridized carbons (Fsp3) is 0.250. The molecular formula is C36H37NO6S. The number of rotatable bonds is 15. The van der Waals surface area contributed by atoms with E-state index in [-0.39, 0.29) is 30.5 Å². The Labute approximate surface area is 262 Å². The van der Waals surface area contributed by atoms with Crippen LogP contribution in [0.5, 0.6) is 11.5 Å². The second kappa shape index (κ2) is 16.2. The van der Waals surface area contributed by atoms with Gasteiger partial charge < -0.3 is 19.5 Å². The summed E-state index contributed by atoms with van der Waals surface area (Å²) in [6, 6.07) is 25.1. The van der Waals surface area contributed by atoms with Crippen molar-refractivity contribution < 1.29 is 28.6 Å². The van der Waals surface area contributed by atoms with Gasteiger partial charge in [-0.1, -0.05) is 54.6 Å². The predicted molar refractivity (Wildman–Crippen MR) is 176 cm³/mol. The molecule has 1 N–H and O–H groups in total. The van der Waals surface area contributed by atoms with Gasteiger partial charge in [0.1, 0.15) is 0 Å². The van der Waals surface area contributed by atoms with Gasteiger partial charge in [-0.3, -0.25) is 9.59 Å². The van der Waals surface area contributed by atoms with Gasteiger partial charge in [0.25, 0.3) is 0 Å². The molecule has 0 fully saturated rings. The van der Waals surface area contributed by atoms with Crippen molar-refractivity contribution in [3.63, 3.8) is 0 Å². The number of amides is 1. The van der Waals surface area contributed by atoms with E-state index in [0.717, 1.165) is 32.1 Å². The average Bonchev–Trinajstić information content (AvgIpc) is 3.42. The molecular weight excluding hydrogens is 574 g/mol. The molecule has 4 aromatic rings. The number of Topliss-reactive ketones (excluding diaryl/α,β-unsaturated/α-hetero) is 1. The van der Waals surface area contributed by atoms with Crippen molar-refractivity contribution in [2.45, 2.75) is 40.0 Å². The first-order chi connectivity index (χ1) is 21.4. The third-order valence-corrected chi connectivity index (χ3v) is 7.69. The van der Waals surface area contributed by atoms with Crippen molar-refractivity contribution in [1.82, 2.24) is 0 Å². The van der Waals surface area contributed by atoms with Crippen LogP contribution in [0, 0.1) is 0 Å². The Kier molecular flexibility index (Phi) is 11.9. The summed E-state index contributed by atoms with van der Waals surface area (Å²) in [5, 5.41) is 3.73. The molecule has 0 spiro atoms. The van der Waals surface area contributed by atoms with E-state index in [9.17, 15) is 14.4 Å². The van der Waals surface area contributed by atoms with Gasteiger partial charge in [-0.2, -0.15) is 0 Å². The second-order valence-electron chi connectivity index (χ2n) is 9.82. The minimum Gasteiger partial charge on any atom is -0.490 e. The number of esters is 1. The van der Waals surface area contributed by atoms with E-state index in [0.29, 0.717) is 43.3 Å². The number of hydrogen-bond acceptors (Lipinski definition) is 7. The van der Waals surface area contributed by atoms with Crippen LogP contribution in [0.25, 0.3) is 17.2 Å². The Hall–Kier alpha value is -4.69. The van der Waals surface area contributed by atoms with Crippen molar-refractivity contribution in [1.29, 1.82) is 0 Å². The Morgan fingerprint density at radius 1 is 0.795 bits per heavy atom. The molecule has 0 saturated carbocycles. The summed E-state index contributed by atoms with van der Waals surface area (Å²) in [5.41, 5.74) is 4.59. The zero-order valence-electron chi connectivity index (χ0n) is 25.3. The highest BCUT2D eigenvalue weighted by atomic mass is 32.1. The van der Waals surface area contributed by atoms with Gasteiger partial charge in [0.15, 0.2) is 17.3 Å². The summed E-state index contributed by atoms with van der Waals surface area (Å²) < 4.78 is 16.2. The summed E-state index contributed by atoms with van der Waals surface area (Å²) in [4.78, 5) is 38.5. The standard InChI is InChI=1S/C36H37NO6S/c1-4-41-31-19-17-28(23-32(31)42-5-2)30(38)18-20-34(39)37-35-24-29(27-10-8-7-9-11-27)33(44-35)22-26-14-12-25(13-15-26)16-21-36(40)43-6-3/h7-17,19,21,23-24H,4-6,18,20,22H2,1-3H3,(H,37,39)/b21-16+. The minimum absolute atomic E-state index is 0.0602. The SMILES string of the molecule is CCOC(=O)/C=C/c1ccc(Cc2sc(NC(=O)CCC(=O)c3ccc(OCC)c(OCC)c3)cc2-c2ccccc2)cc1. The molecule has 0 unspecified atom stereocenters. The topological polar surface area (TPSA) is 90.9 Å². The Morgan fingerprint density at radius 2 is 1.52 bits per heavy atom. The van der Waals surface area contributed by atoms with Gasteiger partial charge in [-0.15, -0.1) is 11.3 Å². The van der Waals surface area contributed by atoms with Gasteiger partial charge >= 0.3 is 5.97 Å². The number of carbonyl (C=O) groups excluding carboxylic acids is 3. The third-order valence-electron chi connectivity index (χ3n) is 6.64. The molecule has 3 aromatic carbocycles. The molecule has 1 aromatic heterocycles. The maximum atomic E-state index is 12.9. The molecule has 8 heteroatoms. The van der Waals surface area contributed by atoms with Crippen LogP contribution in [0.4, 0.5) is 5.00 Å². The van der Waals surface area contributed by atoms with Crippen molar-refractivity contribution in [3.8, 4) is 22.6 Å². The summed E-state index contributed by atoms with van der Waals surface area (Å²) in [6.45, 7) is 6.82. The second-order valence-corrected chi connectivity index (χ2v) is 11.0. The molecule has 44 heavy (non-hydrogen) atoms. The Bertz CT molecular complexity index is 1590. The number of benzene rings is 3. The number of hydrogen-bond donors (Lipinski definition) is 1. The van der Waals surface area contributed by atoms with E-state index < -0.39 is 0 Å². The van der Waals surface area contributed by atoms with Crippen molar-refractivity contribution in [3.05, 3.63) is 107 Å². The van der Waals surface area contributed by atoms with Crippen molar-refractivity contribution in [2.75, 3.05) is 25.1 Å². The summed E-state index contributed by atoms with van der Waals surface area (Å²) >= 11 is 1.52. The first-order valence-electron chi connectivity index (χ1n) is 14.7. The molecule has 228 valence electrons. The smallest absolute Gasteiger partial charge is 0.330 e. The van der Waals surface area contributed by atoms with Crippen LogP contribution < -0.4 is 14.8 Å². The fourth-order valence-electron chi connectivity index (χ4n) is 4.57. The zero-order chi connectivity index (χ0) is 31.3. The summed E-state index contributed by atoms with van der Waals surface area (Å²) in [5.74, 6) is 0.384. The van der Waals surface area contributed by atoms with Gasteiger partial charge in [0, 0.05) is 35.8 Å². The van der Waals surface area contributed by atoms with Crippen LogP contribution in [-0.4, -0.2) is 37.5 Å². The number of ether oxygens (including phenoxy) is 3. The predicted octanol–water partition coefficient (Wildman–Crippen LogP) is 7.98. The lowest BCUT2D eigenvalue weighted by atomic mass is 10.0. The normalized spacial score (nSPS) is 10.9. The molecule has 0 bridgehead atoms. The quantitative estimate of drug-likeness (QED) is 0.0833. The highest BCUT2D eigenvalue weighted by Crippen LogP contribution is 2.36. The molecule has 0 saturated heterocycles. The van der Waals surface area contributed by atoms with Gasteiger partial charge in [-0.05, 0) is 73.4 Å². The number of anilines is 1. The first-order valence-corrected chi connectivity index (χ1v) is 15.6. The number of nitrogens with one attached hydrogen (secondary N) is 1. The molecule has 7 nitrogen and oxygen atoms in total. The maximum absolute atomic E-state index is 12.9. The third kappa shape index (κ3) is 9.15. The highest BCUT2D eigenvalue weighted by Gasteiger charge is 2.16. The first kappa shape index (κ1) is 32.2. The minimum atomic E-state index is -0.367. The molecule has 1 amide bonds. The maximum Gasteiger partial charge on any atom is 0.330 e. The van der Waals surface area contributed by atoms with Crippen LogP contribution in [0.2, 0.25) is 0 Å². The fourth-order valence-corrected chi connectivity index (χ4v) is 5.70. The lowest BCUT2D eigenvalue weighted by molar-refractivity contribution is -0.137. The van der Waals surface area contributed by atoms with E-state index in [2.05, 4.69) is 5.32 Å². The Balaban J connectivity index is 1.43. The largest absolute Gasteiger partial charge is 0.490 e. The monoisotopic (exact) mass is 611 g/mol. The summed E-state index contributed by atoms with van der Waals surface area (Å²) in [7, 11) is 0. The number of ketones is 1. The van der Waals surface area contributed by atoms with E-state index in [1.165, 1.54) is 17.4 Å². The van der Waals surface area contributed by atoms with Gasteiger partial charge in [0.2, 0.25) is 5.91 Å². The lowest BCUT2D eigenvalue weighted by Gasteiger charge is -2.12. The summed E-state index contributed by atoms with van der Waals surface area (Å²) in [6.07, 6.45) is 3.96. The molecule has 4 rings (SSSR count). The van der Waals surface area contributed by atoms with Crippen molar-refractivity contribution >= 4 is 40.1 Å². The lowest BCUT2D eigenvalue weighted by Crippen LogP contribution is -2.13. The van der Waals surface area contributed by atoms with E-state index in [4.69, 9.17) is 14.2 Å².